The zero-order chi connectivity index (χ0) is 16.2. The third kappa shape index (κ3) is 4.50. The molecule has 0 spiro atoms. The second-order valence-corrected chi connectivity index (χ2v) is 8.13. The van der Waals surface area contributed by atoms with Crippen LogP contribution in [0.4, 0.5) is 0 Å². The first-order chi connectivity index (χ1) is 10.4. The SMILES string of the molecule is COc1cccc(OCCNS(=O)(=O)c2cc(Cl)sc2Cl)c1. The summed E-state index contributed by atoms with van der Waals surface area (Å²) >= 11 is 12.6. The molecular weight excluding hydrogens is 369 g/mol. The van der Waals surface area contributed by atoms with Gasteiger partial charge < -0.3 is 9.47 Å². The molecule has 1 heterocycles. The standard InChI is InChI=1S/C13H13Cl2NO4S2/c1-19-9-3-2-4-10(7-9)20-6-5-16-22(17,18)11-8-12(14)21-13(11)15/h2-4,7-8,16H,5-6H2,1H3. The topological polar surface area (TPSA) is 64.6 Å². The van der Waals surface area contributed by atoms with Gasteiger partial charge in [0.2, 0.25) is 10.0 Å². The Balaban J connectivity index is 1.89. The van der Waals surface area contributed by atoms with Crippen molar-refractivity contribution in [1.29, 1.82) is 0 Å². The van der Waals surface area contributed by atoms with E-state index >= 15 is 0 Å². The van der Waals surface area contributed by atoms with E-state index in [9.17, 15) is 8.42 Å². The monoisotopic (exact) mass is 381 g/mol. The van der Waals surface area contributed by atoms with E-state index in [-0.39, 0.29) is 22.4 Å². The van der Waals surface area contributed by atoms with E-state index in [1.165, 1.54) is 6.07 Å². The van der Waals surface area contributed by atoms with Crippen LogP contribution in [0.3, 0.4) is 0 Å². The summed E-state index contributed by atoms with van der Waals surface area (Å²) in [6.07, 6.45) is 0. The van der Waals surface area contributed by atoms with Crippen molar-refractivity contribution in [3.8, 4) is 11.5 Å². The van der Waals surface area contributed by atoms with E-state index in [1.807, 2.05) is 0 Å². The summed E-state index contributed by atoms with van der Waals surface area (Å²) in [6, 6.07) is 8.36. The molecule has 0 bridgehead atoms. The molecule has 1 aromatic carbocycles. The molecule has 2 aromatic rings. The molecule has 0 aliphatic rings. The van der Waals surface area contributed by atoms with Gasteiger partial charge >= 0.3 is 0 Å². The van der Waals surface area contributed by atoms with Crippen LogP contribution in [0.5, 0.6) is 11.5 Å². The average molecular weight is 382 g/mol. The second kappa shape index (κ2) is 7.52. The summed E-state index contributed by atoms with van der Waals surface area (Å²) in [5, 5.41) is 0. The molecule has 5 nitrogen and oxygen atoms in total. The van der Waals surface area contributed by atoms with E-state index in [0.29, 0.717) is 15.8 Å². The van der Waals surface area contributed by atoms with E-state index in [4.69, 9.17) is 32.7 Å². The molecular formula is C13H13Cl2NO4S2. The van der Waals surface area contributed by atoms with Crippen LogP contribution in [0.1, 0.15) is 0 Å². The maximum Gasteiger partial charge on any atom is 0.243 e. The van der Waals surface area contributed by atoms with Gasteiger partial charge in [0.15, 0.2) is 0 Å². The summed E-state index contributed by atoms with van der Waals surface area (Å²) in [4.78, 5) is -0.0226. The number of thiophene rings is 1. The van der Waals surface area contributed by atoms with Crippen molar-refractivity contribution in [3.05, 3.63) is 39.0 Å². The van der Waals surface area contributed by atoms with Crippen molar-refractivity contribution in [3.63, 3.8) is 0 Å². The summed E-state index contributed by atoms with van der Waals surface area (Å²) in [5.41, 5.74) is 0. The number of hydrogen-bond donors (Lipinski definition) is 1. The van der Waals surface area contributed by atoms with E-state index in [0.717, 1.165) is 11.3 Å². The molecule has 9 heteroatoms. The quantitative estimate of drug-likeness (QED) is 0.746. The maximum absolute atomic E-state index is 12.1. The van der Waals surface area contributed by atoms with Crippen molar-refractivity contribution in [2.45, 2.75) is 4.90 Å². The number of rotatable bonds is 7. The van der Waals surface area contributed by atoms with Crippen molar-refractivity contribution in [2.24, 2.45) is 0 Å². The predicted octanol–water partition coefficient (Wildman–Crippen LogP) is 3.42. The number of ether oxygens (including phenoxy) is 2. The number of benzene rings is 1. The lowest BCUT2D eigenvalue weighted by Gasteiger charge is -2.09. The summed E-state index contributed by atoms with van der Waals surface area (Å²) in [7, 11) is -2.14. The minimum atomic E-state index is -3.70. The van der Waals surface area contributed by atoms with Gasteiger partial charge in [-0.2, -0.15) is 0 Å². The van der Waals surface area contributed by atoms with Crippen LogP contribution in [0.2, 0.25) is 8.67 Å². The highest BCUT2D eigenvalue weighted by atomic mass is 35.5. The van der Waals surface area contributed by atoms with E-state index < -0.39 is 10.0 Å². The van der Waals surface area contributed by atoms with Crippen LogP contribution >= 0.6 is 34.5 Å². The first-order valence-electron chi connectivity index (χ1n) is 6.14. The highest BCUT2D eigenvalue weighted by Crippen LogP contribution is 2.33. The fraction of sp³-hybridized carbons (Fsp3) is 0.231. The average Bonchev–Trinajstić information content (AvgIpc) is 2.83. The lowest BCUT2D eigenvalue weighted by atomic mass is 10.3. The van der Waals surface area contributed by atoms with Gasteiger partial charge in [0.25, 0.3) is 0 Å². The first-order valence-corrected chi connectivity index (χ1v) is 9.19. The Morgan fingerprint density at radius 1 is 1.23 bits per heavy atom. The molecule has 0 aliphatic heterocycles. The molecule has 0 unspecified atom stereocenters. The summed E-state index contributed by atoms with van der Waals surface area (Å²) in [5.74, 6) is 1.26. The second-order valence-electron chi connectivity index (χ2n) is 4.11. The minimum absolute atomic E-state index is 0.0226. The highest BCUT2D eigenvalue weighted by molar-refractivity contribution is 7.89. The molecule has 0 atom stereocenters. The first kappa shape index (κ1) is 17.4. The van der Waals surface area contributed by atoms with Gasteiger partial charge in [-0.05, 0) is 18.2 Å². The molecule has 0 amide bonds. The lowest BCUT2D eigenvalue weighted by molar-refractivity contribution is 0.320. The van der Waals surface area contributed by atoms with Crippen LogP contribution in [-0.2, 0) is 10.0 Å². The fourth-order valence-electron chi connectivity index (χ4n) is 1.62. The van der Waals surface area contributed by atoms with Gasteiger partial charge in [-0.1, -0.05) is 29.3 Å². The number of halogens is 2. The molecule has 0 radical (unpaired) electrons. The fourth-order valence-corrected chi connectivity index (χ4v) is 4.78. The van der Waals surface area contributed by atoms with Crippen molar-refractivity contribution in [1.82, 2.24) is 4.72 Å². The largest absolute Gasteiger partial charge is 0.497 e. The Morgan fingerprint density at radius 3 is 2.59 bits per heavy atom. The minimum Gasteiger partial charge on any atom is -0.497 e. The van der Waals surface area contributed by atoms with Crippen LogP contribution in [0.25, 0.3) is 0 Å². The van der Waals surface area contributed by atoms with Gasteiger partial charge in [-0.25, -0.2) is 13.1 Å². The van der Waals surface area contributed by atoms with E-state index in [1.54, 1.807) is 31.4 Å². The van der Waals surface area contributed by atoms with E-state index in [2.05, 4.69) is 4.72 Å². The summed E-state index contributed by atoms with van der Waals surface area (Å²) < 4.78 is 37.5. The molecule has 22 heavy (non-hydrogen) atoms. The van der Waals surface area contributed by atoms with Crippen molar-refractivity contribution < 1.29 is 17.9 Å². The van der Waals surface area contributed by atoms with Crippen LogP contribution < -0.4 is 14.2 Å². The molecule has 1 aromatic heterocycles. The Hall–Kier alpha value is -0.990. The maximum atomic E-state index is 12.1. The smallest absolute Gasteiger partial charge is 0.243 e. The number of nitrogens with one attached hydrogen (secondary N) is 1. The molecule has 120 valence electrons. The molecule has 0 saturated carbocycles. The Kier molecular flexibility index (Phi) is 5.94. The Labute approximate surface area is 142 Å². The third-order valence-electron chi connectivity index (χ3n) is 2.62. The number of sulfonamides is 1. The predicted molar refractivity (Wildman–Crippen MR) is 88.0 cm³/mol. The highest BCUT2D eigenvalue weighted by Gasteiger charge is 2.20. The third-order valence-corrected chi connectivity index (χ3v) is 5.83. The van der Waals surface area contributed by atoms with Crippen molar-refractivity contribution in [2.75, 3.05) is 20.3 Å². The molecule has 2 rings (SSSR count). The zero-order valence-electron chi connectivity index (χ0n) is 11.5. The Morgan fingerprint density at radius 2 is 1.95 bits per heavy atom. The molecule has 1 N–H and O–H groups in total. The van der Waals surface area contributed by atoms with Gasteiger partial charge in [-0.3, -0.25) is 0 Å². The van der Waals surface area contributed by atoms with Gasteiger partial charge in [0, 0.05) is 12.6 Å². The molecule has 0 fully saturated rings. The normalized spacial score (nSPS) is 11.4. The number of hydrogen-bond acceptors (Lipinski definition) is 5. The van der Waals surface area contributed by atoms with Gasteiger partial charge in [-0.15, -0.1) is 11.3 Å². The zero-order valence-corrected chi connectivity index (χ0v) is 14.7. The van der Waals surface area contributed by atoms with Gasteiger partial charge in [0.1, 0.15) is 27.3 Å². The van der Waals surface area contributed by atoms with Gasteiger partial charge in [0.05, 0.1) is 11.4 Å². The van der Waals surface area contributed by atoms with Crippen molar-refractivity contribution >= 4 is 44.6 Å². The summed E-state index contributed by atoms with van der Waals surface area (Å²) in [6.45, 7) is 0.269. The Bertz CT molecular complexity index is 746. The van der Waals surface area contributed by atoms with Crippen LogP contribution in [0, 0.1) is 0 Å². The lowest BCUT2D eigenvalue weighted by Crippen LogP contribution is -2.28. The number of methoxy groups -OCH3 is 1. The van der Waals surface area contributed by atoms with Crippen LogP contribution in [-0.4, -0.2) is 28.7 Å². The molecule has 0 aliphatic carbocycles. The van der Waals surface area contributed by atoms with Crippen LogP contribution in [0.15, 0.2) is 35.2 Å². The molecule has 0 saturated heterocycles.